The van der Waals surface area contributed by atoms with E-state index in [9.17, 15) is 0 Å². The van der Waals surface area contributed by atoms with Crippen LogP contribution in [-0.4, -0.2) is 27.9 Å². The van der Waals surface area contributed by atoms with Gasteiger partial charge in [0.15, 0.2) is 23.0 Å². The Balaban J connectivity index is 2.04. The number of halogens is 1. The number of ether oxygens (including phenoxy) is 4. The minimum Gasteiger partial charge on any atom is -0.493 e. The van der Waals surface area contributed by atoms with Gasteiger partial charge in [0.1, 0.15) is 0 Å². The Kier molecular flexibility index (Phi) is 7.22. The number of rotatable bonds is 9. The van der Waals surface area contributed by atoms with Crippen LogP contribution in [0.2, 0.25) is 5.02 Å². The van der Waals surface area contributed by atoms with Gasteiger partial charge in [-0.25, -0.2) is 0 Å². The van der Waals surface area contributed by atoms with E-state index in [1.54, 1.807) is 21.3 Å². The summed E-state index contributed by atoms with van der Waals surface area (Å²) in [5, 5.41) is 3.93. The summed E-state index contributed by atoms with van der Waals surface area (Å²) < 4.78 is 21.5. The van der Waals surface area contributed by atoms with E-state index >= 15 is 0 Å². The van der Waals surface area contributed by atoms with Gasteiger partial charge in [-0.05, 0) is 42.3 Å². The Morgan fingerprint density at radius 3 is 2.16 bits per heavy atom. The number of benzene rings is 2. The van der Waals surface area contributed by atoms with Gasteiger partial charge in [0.2, 0.25) is 0 Å². The van der Waals surface area contributed by atoms with E-state index in [2.05, 4.69) is 5.32 Å². The highest BCUT2D eigenvalue weighted by molar-refractivity contribution is 6.32. The maximum Gasteiger partial charge on any atom is 0.179 e. The summed E-state index contributed by atoms with van der Waals surface area (Å²) in [5.41, 5.74) is 2.12. The highest BCUT2D eigenvalue weighted by atomic mass is 35.5. The standard InChI is InChI=1S/C19H24ClNO4/c1-5-25-18-10-14(8-15(20)19(18)24-4)12-21-11-13-6-7-16(22-2)17(9-13)23-3/h6-10,21H,5,11-12H2,1-4H3. The quantitative estimate of drug-likeness (QED) is 0.726. The first-order valence-electron chi connectivity index (χ1n) is 8.03. The van der Waals surface area contributed by atoms with Crippen molar-refractivity contribution in [2.45, 2.75) is 20.0 Å². The topological polar surface area (TPSA) is 49.0 Å². The van der Waals surface area contributed by atoms with Crippen molar-refractivity contribution in [3.05, 3.63) is 46.5 Å². The zero-order valence-electron chi connectivity index (χ0n) is 15.0. The van der Waals surface area contributed by atoms with E-state index in [0.717, 1.165) is 16.9 Å². The van der Waals surface area contributed by atoms with Crippen LogP contribution >= 0.6 is 11.6 Å². The second-order valence-corrected chi connectivity index (χ2v) is 5.74. The van der Waals surface area contributed by atoms with E-state index in [4.69, 9.17) is 30.5 Å². The second kappa shape index (κ2) is 9.39. The van der Waals surface area contributed by atoms with Crippen LogP contribution in [0, 0.1) is 0 Å². The summed E-state index contributed by atoms with van der Waals surface area (Å²) in [4.78, 5) is 0. The van der Waals surface area contributed by atoms with Gasteiger partial charge < -0.3 is 24.3 Å². The highest BCUT2D eigenvalue weighted by Gasteiger charge is 2.11. The van der Waals surface area contributed by atoms with Crippen LogP contribution in [0.4, 0.5) is 0 Å². The Hall–Kier alpha value is -2.11. The lowest BCUT2D eigenvalue weighted by molar-refractivity contribution is 0.310. The second-order valence-electron chi connectivity index (χ2n) is 5.33. The maximum atomic E-state index is 6.28. The van der Waals surface area contributed by atoms with Gasteiger partial charge in [0.25, 0.3) is 0 Å². The molecule has 0 heterocycles. The molecule has 0 fully saturated rings. The van der Waals surface area contributed by atoms with Crippen LogP contribution < -0.4 is 24.3 Å². The first-order valence-corrected chi connectivity index (χ1v) is 8.41. The van der Waals surface area contributed by atoms with Gasteiger partial charge in [0, 0.05) is 13.1 Å². The van der Waals surface area contributed by atoms with Crippen molar-refractivity contribution < 1.29 is 18.9 Å². The van der Waals surface area contributed by atoms with Crippen LogP contribution in [0.5, 0.6) is 23.0 Å². The zero-order valence-corrected chi connectivity index (χ0v) is 15.8. The Labute approximate surface area is 153 Å². The zero-order chi connectivity index (χ0) is 18.2. The lowest BCUT2D eigenvalue weighted by Crippen LogP contribution is -2.13. The minimum atomic E-state index is 0.538. The van der Waals surface area contributed by atoms with Crippen molar-refractivity contribution in [3.8, 4) is 23.0 Å². The first-order chi connectivity index (χ1) is 12.1. The molecule has 0 saturated carbocycles. The number of nitrogens with one attached hydrogen (secondary N) is 1. The van der Waals surface area contributed by atoms with Gasteiger partial charge in [-0.2, -0.15) is 0 Å². The number of hydrogen-bond acceptors (Lipinski definition) is 5. The van der Waals surface area contributed by atoms with Gasteiger partial charge in [-0.1, -0.05) is 17.7 Å². The summed E-state index contributed by atoms with van der Waals surface area (Å²) in [6.07, 6.45) is 0. The van der Waals surface area contributed by atoms with Crippen LogP contribution in [0.3, 0.4) is 0 Å². The minimum absolute atomic E-state index is 0.538. The van der Waals surface area contributed by atoms with Gasteiger partial charge in [-0.3, -0.25) is 0 Å². The van der Waals surface area contributed by atoms with Crippen molar-refractivity contribution in [1.29, 1.82) is 0 Å². The van der Waals surface area contributed by atoms with Gasteiger partial charge in [0.05, 0.1) is 33.0 Å². The molecule has 2 rings (SSSR count). The molecular formula is C19H24ClNO4. The molecule has 0 aliphatic carbocycles. The van der Waals surface area contributed by atoms with Crippen LogP contribution in [0.15, 0.2) is 30.3 Å². The summed E-state index contributed by atoms with van der Waals surface area (Å²) >= 11 is 6.28. The SMILES string of the molecule is CCOc1cc(CNCc2ccc(OC)c(OC)c2)cc(Cl)c1OC. The van der Waals surface area contributed by atoms with E-state index in [-0.39, 0.29) is 0 Å². The molecule has 0 radical (unpaired) electrons. The maximum absolute atomic E-state index is 6.28. The molecule has 0 aromatic heterocycles. The van der Waals surface area contributed by atoms with Gasteiger partial charge >= 0.3 is 0 Å². The molecule has 6 heteroatoms. The summed E-state index contributed by atoms with van der Waals surface area (Å²) in [7, 11) is 4.83. The van der Waals surface area contributed by atoms with Crippen molar-refractivity contribution in [1.82, 2.24) is 5.32 Å². The monoisotopic (exact) mass is 365 g/mol. The molecule has 0 saturated heterocycles. The molecule has 136 valence electrons. The Morgan fingerprint density at radius 1 is 0.840 bits per heavy atom. The molecular weight excluding hydrogens is 342 g/mol. The average molecular weight is 366 g/mol. The lowest BCUT2D eigenvalue weighted by Gasteiger charge is -2.14. The molecule has 1 N–H and O–H groups in total. The summed E-state index contributed by atoms with van der Waals surface area (Å²) in [6, 6.07) is 9.67. The van der Waals surface area contributed by atoms with E-state index in [1.807, 2.05) is 37.3 Å². The molecule has 0 unspecified atom stereocenters. The molecule has 0 aliphatic heterocycles. The molecule has 0 aliphatic rings. The van der Waals surface area contributed by atoms with Crippen molar-refractivity contribution in [2.24, 2.45) is 0 Å². The van der Waals surface area contributed by atoms with E-state index < -0.39 is 0 Å². The molecule has 0 bridgehead atoms. The predicted octanol–water partition coefficient (Wildman–Crippen LogP) is 4.05. The average Bonchev–Trinajstić information content (AvgIpc) is 2.61. The van der Waals surface area contributed by atoms with Crippen molar-refractivity contribution in [2.75, 3.05) is 27.9 Å². The van der Waals surface area contributed by atoms with Crippen molar-refractivity contribution in [3.63, 3.8) is 0 Å². The molecule has 0 atom stereocenters. The lowest BCUT2D eigenvalue weighted by atomic mass is 10.1. The van der Waals surface area contributed by atoms with Crippen LogP contribution in [0.1, 0.15) is 18.1 Å². The molecule has 5 nitrogen and oxygen atoms in total. The summed E-state index contributed by atoms with van der Waals surface area (Å²) in [5.74, 6) is 2.65. The number of hydrogen-bond donors (Lipinski definition) is 1. The smallest absolute Gasteiger partial charge is 0.179 e. The highest BCUT2D eigenvalue weighted by Crippen LogP contribution is 2.36. The van der Waals surface area contributed by atoms with E-state index in [1.165, 1.54) is 0 Å². The van der Waals surface area contributed by atoms with Crippen LogP contribution in [-0.2, 0) is 13.1 Å². The molecule has 2 aromatic carbocycles. The molecule has 0 amide bonds. The van der Waals surface area contributed by atoms with Crippen LogP contribution in [0.25, 0.3) is 0 Å². The van der Waals surface area contributed by atoms with Crippen molar-refractivity contribution >= 4 is 11.6 Å². The largest absolute Gasteiger partial charge is 0.493 e. The molecule has 0 spiro atoms. The fourth-order valence-electron chi connectivity index (χ4n) is 2.53. The predicted molar refractivity (Wildman–Crippen MR) is 99.3 cm³/mol. The third-order valence-electron chi connectivity index (χ3n) is 3.68. The number of methoxy groups -OCH3 is 3. The third kappa shape index (κ3) is 4.94. The Bertz CT molecular complexity index is 706. The summed E-state index contributed by atoms with van der Waals surface area (Å²) in [6.45, 7) is 3.82. The first kappa shape index (κ1) is 19.2. The third-order valence-corrected chi connectivity index (χ3v) is 3.96. The van der Waals surface area contributed by atoms with Gasteiger partial charge in [-0.15, -0.1) is 0 Å². The normalized spacial score (nSPS) is 10.4. The Morgan fingerprint density at radius 2 is 1.52 bits per heavy atom. The fourth-order valence-corrected chi connectivity index (χ4v) is 2.84. The van der Waals surface area contributed by atoms with E-state index in [0.29, 0.717) is 42.0 Å². The molecule has 25 heavy (non-hydrogen) atoms. The fraction of sp³-hybridized carbons (Fsp3) is 0.368. The molecule has 2 aromatic rings.